The fraction of sp³-hybridized carbons (Fsp3) is 0.286. The van der Waals surface area contributed by atoms with Crippen molar-refractivity contribution in [3.63, 3.8) is 0 Å². The van der Waals surface area contributed by atoms with Gasteiger partial charge in [-0.3, -0.25) is 9.59 Å². The van der Waals surface area contributed by atoms with Crippen LogP contribution in [0.15, 0.2) is 84.9 Å². The van der Waals surface area contributed by atoms with Crippen LogP contribution >= 0.6 is 0 Å². The molecule has 33 heavy (non-hydrogen) atoms. The van der Waals surface area contributed by atoms with Crippen LogP contribution in [0, 0.1) is 0 Å². The highest BCUT2D eigenvalue weighted by atomic mass is 16.5. The van der Waals surface area contributed by atoms with Crippen molar-refractivity contribution in [2.75, 3.05) is 6.54 Å². The number of hydrogen-bond donors (Lipinski definition) is 1. The molecule has 1 aliphatic rings. The molecule has 1 saturated heterocycles. The minimum Gasteiger partial charge on any atom is -0.372 e. The summed E-state index contributed by atoms with van der Waals surface area (Å²) in [6.07, 6.45) is 2.31. The first kappa shape index (κ1) is 22.7. The van der Waals surface area contributed by atoms with Gasteiger partial charge in [0.2, 0.25) is 11.8 Å². The lowest BCUT2D eigenvalue weighted by Gasteiger charge is -2.34. The molecule has 3 aromatic rings. The summed E-state index contributed by atoms with van der Waals surface area (Å²) < 4.78 is 5.84. The molecule has 1 atom stereocenters. The van der Waals surface area contributed by atoms with Gasteiger partial charge in [0.05, 0.1) is 13.2 Å². The molecular weight excluding hydrogens is 412 g/mol. The predicted octanol–water partition coefficient (Wildman–Crippen LogP) is 4.77. The Balaban J connectivity index is 1.38. The summed E-state index contributed by atoms with van der Waals surface area (Å²) in [5.74, 6) is -0.106. The second-order valence-electron chi connectivity index (χ2n) is 8.37. The zero-order valence-corrected chi connectivity index (χ0v) is 18.8. The average Bonchev–Trinajstić information content (AvgIpc) is 2.86. The molecule has 5 nitrogen and oxygen atoms in total. The Kier molecular flexibility index (Phi) is 7.88. The molecular formula is C28H30N2O3. The van der Waals surface area contributed by atoms with E-state index in [9.17, 15) is 9.59 Å². The maximum Gasteiger partial charge on any atom is 0.247 e. The number of carbonyl (C=O) groups excluding carboxylic acids is 2. The molecule has 0 spiro atoms. The van der Waals surface area contributed by atoms with E-state index in [1.807, 2.05) is 78.9 Å². The summed E-state index contributed by atoms with van der Waals surface area (Å²) in [6, 6.07) is 27.1. The van der Waals surface area contributed by atoms with Crippen molar-refractivity contribution in [1.29, 1.82) is 0 Å². The van der Waals surface area contributed by atoms with Crippen molar-refractivity contribution < 1.29 is 14.3 Å². The first-order valence-electron chi connectivity index (χ1n) is 11.5. The highest BCUT2D eigenvalue weighted by Gasteiger charge is 2.32. The Morgan fingerprint density at radius 1 is 0.848 bits per heavy atom. The Hall–Kier alpha value is -3.44. The van der Waals surface area contributed by atoms with E-state index in [0.29, 0.717) is 32.7 Å². The van der Waals surface area contributed by atoms with Crippen LogP contribution < -0.4 is 5.32 Å². The number of ether oxygens (including phenoxy) is 1. The standard InChI is InChI=1S/C28H30N2O3/c31-26-16-7-8-17-30(26)27(25-14-5-2-6-15-25)28(32)29-19-23-12-9-13-24(18-23)21-33-20-22-10-3-1-4-11-22/h1-6,9-15,18,27H,7-8,16-17,19-21H2,(H,29,32). The minimum atomic E-state index is -0.601. The van der Waals surface area contributed by atoms with Crippen LogP contribution in [0.4, 0.5) is 0 Å². The molecule has 170 valence electrons. The molecule has 0 saturated carbocycles. The van der Waals surface area contributed by atoms with Gasteiger partial charge in [0.25, 0.3) is 0 Å². The van der Waals surface area contributed by atoms with Gasteiger partial charge in [-0.25, -0.2) is 0 Å². The summed E-state index contributed by atoms with van der Waals surface area (Å²) >= 11 is 0. The van der Waals surface area contributed by atoms with Crippen molar-refractivity contribution in [3.8, 4) is 0 Å². The predicted molar refractivity (Wildman–Crippen MR) is 128 cm³/mol. The molecule has 0 aromatic heterocycles. The van der Waals surface area contributed by atoms with Crippen LogP contribution in [0.5, 0.6) is 0 Å². The summed E-state index contributed by atoms with van der Waals surface area (Å²) in [5, 5.41) is 3.05. The summed E-state index contributed by atoms with van der Waals surface area (Å²) in [5.41, 5.74) is 4.04. The van der Waals surface area contributed by atoms with Gasteiger partial charge < -0.3 is 15.0 Å². The fourth-order valence-electron chi connectivity index (χ4n) is 4.18. The lowest BCUT2D eigenvalue weighted by Crippen LogP contribution is -2.45. The number of rotatable bonds is 9. The van der Waals surface area contributed by atoms with Crippen molar-refractivity contribution in [2.24, 2.45) is 0 Å². The van der Waals surface area contributed by atoms with Gasteiger partial charge in [-0.1, -0.05) is 84.9 Å². The number of amides is 2. The van der Waals surface area contributed by atoms with Gasteiger partial charge in [0.15, 0.2) is 0 Å². The number of benzene rings is 3. The van der Waals surface area contributed by atoms with Crippen LogP contribution in [-0.4, -0.2) is 23.3 Å². The number of hydrogen-bond acceptors (Lipinski definition) is 3. The number of piperidine rings is 1. The van der Waals surface area contributed by atoms with Gasteiger partial charge in [-0.15, -0.1) is 0 Å². The molecule has 1 heterocycles. The Morgan fingerprint density at radius 2 is 1.52 bits per heavy atom. The van der Waals surface area contributed by atoms with Crippen molar-refractivity contribution in [1.82, 2.24) is 10.2 Å². The quantitative estimate of drug-likeness (QED) is 0.519. The van der Waals surface area contributed by atoms with E-state index in [4.69, 9.17) is 4.74 Å². The third-order valence-electron chi connectivity index (χ3n) is 5.87. The maximum atomic E-state index is 13.2. The number of carbonyl (C=O) groups is 2. The molecule has 1 unspecified atom stereocenters. The molecule has 1 N–H and O–H groups in total. The van der Waals surface area contributed by atoms with Gasteiger partial charge in [-0.2, -0.15) is 0 Å². The minimum absolute atomic E-state index is 0.0443. The molecule has 5 heteroatoms. The molecule has 0 bridgehead atoms. The zero-order valence-electron chi connectivity index (χ0n) is 18.8. The van der Waals surface area contributed by atoms with E-state index >= 15 is 0 Å². The van der Waals surface area contributed by atoms with E-state index < -0.39 is 6.04 Å². The second-order valence-corrected chi connectivity index (χ2v) is 8.37. The van der Waals surface area contributed by atoms with Gasteiger partial charge in [-0.05, 0) is 35.1 Å². The normalized spacial score (nSPS) is 14.7. The average molecular weight is 443 g/mol. The number of nitrogens with zero attached hydrogens (tertiary/aromatic N) is 1. The summed E-state index contributed by atoms with van der Waals surface area (Å²) in [4.78, 5) is 27.5. The third-order valence-corrected chi connectivity index (χ3v) is 5.87. The first-order chi connectivity index (χ1) is 16.2. The van der Waals surface area contributed by atoms with E-state index in [1.54, 1.807) is 4.90 Å². The van der Waals surface area contributed by atoms with Gasteiger partial charge in [0.1, 0.15) is 6.04 Å². The topological polar surface area (TPSA) is 58.6 Å². The molecule has 0 aliphatic carbocycles. The third kappa shape index (κ3) is 6.30. The van der Waals surface area contributed by atoms with Crippen LogP contribution in [0.2, 0.25) is 0 Å². The van der Waals surface area contributed by atoms with Crippen LogP contribution in [0.1, 0.15) is 47.6 Å². The summed E-state index contributed by atoms with van der Waals surface area (Å²) in [6.45, 7) is 2.08. The monoisotopic (exact) mass is 442 g/mol. The van der Waals surface area contributed by atoms with Gasteiger partial charge in [0, 0.05) is 19.5 Å². The van der Waals surface area contributed by atoms with Crippen molar-refractivity contribution in [3.05, 3.63) is 107 Å². The molecule has 2 amide bonds. The molecule has 0 radical (unpaired) electrons. The SMILES string of the molecule is O=C(NCc1cccc(COCc2ccccc2)c1)C(c1ccccc1)N1CCCCC1=O. The van der Waals surface area contributed by atoms with E-state index in [2.05, 4.69) is 11.4 Å². The Bertz CT molecular complexity index is 1050. The summed E-state index contributed by atoms with van der Waals surface area (Å²) in [7, 11) is 0. The fourth-order valence-corrected chi connectivity index (χ4v) is 4.18. The first-order valence-corrected chi connectivity index (χ1v) is 11.5. The highest BCUT2D eigenvalue weighted by Crippen LogP contribution is 2.26. The lowest BCUT2D eigenvalue weighted by molar-refractivity contribution is -0.142. The van der Waals surface area contributed by atoms with E-state index in [0.717, 1.165) is 35.1 Å². The Morgan fingerprint density at radius 3 is 2.27 bits per heavy atom. The highest BCUT2D eigenvalue weighted by molar-refractivity contribution is 5.89. The Labute approximate surface area is 195 Å². The molecule has 1 fully saturated rings. The second kappa shape index (κ2) is 11.4. The molecule has 1 aliphatic heterocycles. The molecule has 3 aromatic carbocycles. The molecule has 4 rings (SSSR count). The van der Waals surface area contributed by atoms with Crippen molar-refractivity contribution in [2.45, 2.75) is 45.1 Å². The lowest BCUT2D eigenvalue weighted by atomic mass is 10.0. The smallest absolute Gasteiger partial charge is 0.247 e. The van der Waals surface area contributed by atoms with E-state index in [1.165, 1.54) is 0 Å². The van der Waals surface area contributed by atoms with Crippen molar-refractivity contribution >= 4 is 11.8 Å². The van der Waals surface area contributed by atoms with Gasteiger partial charge >= 0.3 is 0 Å². The number of nitrogens with one attached hydrogen (secondary N) is 1. The van der Waals surface area contributed by atoms with Crippen LogP contribution in [0.3, 0.4) is 0 Å². The largest absolute Gasteiger partial charge is 0.372 e. The maximum absolute atomic E-state index is 13.2. The number of likely N-dealkylation sites (tertiary alicyclic amines) is 1. The van der Waals surface area contributed by atoms with Crippen LogP contribution in [-0.2, 0) is 34.1 Å². The van der Waals surface area contributed by atoms with Crippen LogP contribution in [0.25, 0.3) is 0 Å². The van der Waals surface area contributed by atoms with E-state index in [-0.39, 0.29) is 11.8 Å². The zero-order chi connectivity index (χ0) is 22.9.